The van der Waals surface area contributed by atoms with E-state index in [0.717, 1.165) is 0 Å². The fourth-order valence-electron chi connectivity index (χ4n) is 1.17. The lowest BCUT2D eigenvalue weighted by Crippen LogP contribution is -2.27. The Bertz CT molecular complexity index is 239. The Morgan fingerprint density at radius 2 is 1.73 bits per heavy atom. The molecule has 3 nitrogen and oxygen atoms in total. The Hall–Kier alpha value is -0.380. The van der Waals surface area contributed by atoms with Crippen molar-refractivity contribution in [2.24, 2.45) is 5.92 Å². The molecular formula is C7H10O3S. The van der Waals surface area contributed by atoms with Gasteiger partial charge in [-0.25, -0.2) is 8.42 Å². The van der Waals surface area contributed by atoms with Crippen LogP contribution < -0.4 is 0 Å². The van der Waals surface area contributed by atoms with Crippen molar-refractivity contribution < 1.29 is 13.2 Å². The number of Topliss-reactive ketones (excluding diaryl/α,β-unsaturated/α-hetero) is 1. The molecule has 0 bridgehead atoms. The molecule has 0 aromatic heterocycles. The van der Waals surface area contributed by atoms with E-state index < -0.39 is 9.84 Å². The van der Waals surface area contributed by atoms with Gasteiger partial charge >= 0.3 is 0 Å². The summed E-state index contributed by atoms with van der Waals surface area (Å²) in [5, 5.41) is 0. The van der Waals surface area contributed by atoms with Crippen LogP contribution in [0.2, 0.25) is 0 Å². The van der Waals surface area contributed by atoms with Gasteiger partial charge in [-0.2, -0.15) is 0 Å². The molecule has 0 aromatic carbocycles. The van der Waals surface area contributed by atoms with Gasteiger partial charge in [0.15, 0.2) is 0 Å². The average molecular weight is 174 g/mol. The Kier molecular flexibility index (Phi) is 2.32. The number of hydrogen-bond donors (Lipinski definition) is 0. The highest BCUT2D eigenvalue weighted by Crippen LogP contribution is 2.18. The van der Waals surface area contributed by atoms with Gasteiger partial charge in [-0.3, -0.25) is 4.79 Å². The molecule has 1 heterocycles. The Morgan fingerprint density at radius 3 is 2.09 bits per heavy atom. The molecule has 1 fully saturated rings. The van der Waals surface area contributed by atoms with Crippen LogP contribution in [0.1, 0.15) is 12.8 Å². The smallest absolute Gasteiger partial charge is 0.150 e. The minimum Gasteiger partial charge on any atom is -0.299 e. The Labute approximate surface area is 66.7 Å². The molecule has 0 spiro atoms. The van der Waals surface area contributed by atoms with E-state index in [9.17, 15) is 13.2 Å². The number of rotatable bonds is 1. The summed E-state index contributed by atoms with van der Waals surface area (Å²) in [6.45, 7) is 5.02. The first-order chi connectivity index (χ1) is 5.01. The average Bonchev–Trinajstić information content (AvgIpc) is 1.86. The van der Waals surface area contributed by atoms with Crippen molar-refractivity contribution >= 4 is 15.6 Å². The molecule has 0 unspecified atom stereocenters. The highest BCUT2D eigenvalue weighted by atomic mass is 32.2. The lowest BCUT2D eigenvalue weighted by atomic mass is 9.99. The van der Waals surface area contributed by atoms with Gasteiger partial charge in [0.2, 0.25) is 0 Å². The van der Waals surface area contributed by atoms with Crippen molar-refractivity contribution in [1.29, 1.82) is 0 Å². The van der Waals surface area contributed by atoms with Gasteiger partial charge in [-0.15, -0.1) is 0 Å². The van der Waals surface area contributed by atoms with Crippen molar-refractivity contribution in [3.63, 3.8) is 0 Å². The van der Waals surface area contributed by atoms with E-state index in [2.05, 4.69) is 0 Å². The topological polar surface area (TPSA) is 51.2 Å². The molecule has 1 rings (SSSR count). The van der Waals surface area contributed by atoms with Crippen molar-refractivity contribution in [1.82, 2.24) is 0 Å². The highest BCUT2D eigenvalue weighted by Gasteiger charge is 2.25. The third-order valence-corrected chi connectivity index (χ3v) is 3.67. The molecule has 1 aliphatic rings. The van der Waals surface area contributed by atoms with Crippen molar-refractivity contribution in [3.8, 4) is 0 Å². The number of hydrogen-bond acceptors (Lipinski definition) is 3. The van der Waals surface area contributed by atoms with Gasteiger partial charge in [-0.05, 0) is 12.8 Å². The Morgan fingerprint density at radius 1 is 1.27 bits per heavy atom. The molecule has 1 saturated heterocycles. The fraction of sp³-hybridized carbons (Fsp3) is 0.714. The molecule has 0 atom stereocenters. The molecule has 0 saturated carbocycles. The number of carbonyl (C=O) groups excluding carboxylic acids is 1. The summed E-state index contributed by atoms with van der Waals surface area (Å²) in [5.41, 5.74) is 0. The van der Waals surface area contributed by atoms with Crippen LogP contribution in [-0.2, 0) is 14.6 Å². The second kappa shape index (κ2) is 2.93. The van der Waals surface area contributed by atoms with E-state index in [1.807, 2.05) is 0 Å². The zero-order valence-corrected chi connectivity index (χ0v) is 6.93. The highest BCUT2D eigenvalue weighted by molar-refractivity contribution is 7.91. The summed E-state index contributed by atoms with van der Waals surface area (Å²) in [4.78, 5) is 10.6. The van der Waals surface area contributed by atoms with Crippen LogP contribution in [0.25, 0.3) is 0 Å². The zero-order valence-electron chi connectivity index (χ0n) is 6.12. The van der Waals surface area contributed by atoms with E-state index in [4.69, 9.17) is 6.92 Å². The summed E-state index contributed by atoms with van der Waals surface area (Å²) in [6, 6.07) is 0. The molecule has 0 aromatic rings. The molecule has 0 amide bonds. The first kappa shape index (κ1) is 8.71. The van der Waals surface area contributed by atoms with Crippen LogP contribution in [0.5, 0.6) is 0 Å². The predicted octanol–water partition coefficient (Wildman–Crippen LogP) is 0.0914. The van der Waals surface area contributed by atoms with Gasteiger partial charge in [0.05, 0.1) is 11.5 Å². The second-order valence-corrected chi connectivity index (χ2v) is 5.13. The van der Waals surface area contributed by atoms with Crippen molar-refractivity contribution in [2.45, 2.75) is 12.8 Å². The number of sulfone groups is 1. The second-order valence-electron chi connectivity index (χ2n) is 2.83. The van der Waals surface area contributed by atoms with E-state index in [0.29, 0.717) is 12.8 Å². The van der Waals surface area contributed by atoms with Crippen molar-refractivity contribution in [3.05, 3.63) is 6.92 Å². The number of carbonyl (C=O) groups is 1. The number of ketones is 1. The van der Waals surface area contributed by atoms with Gasteiger partial charge in [0.1, 0.15) is 15.6 Å². The maximum Gasteiger partial charge on any atom is 0.150 e. The molecule has 0 N–H and O–H groups in total. The first-order valence-electron chi connectivity index (χ1n) is 3.51. The fourth-order valence-corrected chi connectivity index (χ4v) is 2.67. The van der Waals surface area contributed by atoms with E-state index in [1.165, 1.54) is 0 Å². The summed E-state index contributed by atoms with van der Waals surface area (Å²) in [6.07, 6.45) is 0.801. The van der Waals surface area contributed by atoms with Gasteiger partial charge in [0.25, 0.3) is 0 Å². The molecule has 11 heavy (non-hydrogen) atoms. The molecule has 1 aliphatic heterocycles. The summed E-state index contributed by atoms with van der Waals surface area (Å²) < 4.78 is 21.7. The SMILES string of the molecule is [CH]C(=O)C1CCS(=O)(=O)CC1. The van der Waals surface area contributed by atoms with E-state index >= 15 is 0 Å². The maximum absolute atomic E-state index is 10.9. The molecule has 62 valence electrons. The summed E-state index contributed by atoms with van der Waals surface area (Å²) in [5.74, 6) is -0.375. The lowest BCUT2D eigenvalue weighted by molar-refractivity contribution is -0.118. The monoisotopic (exact) mass is 174 g/mol. The minimum atomic E-state index is -2.86. The third-order valence-electron chi connectivity index (χ3n) is 1.96. The molecule has 2 radical (unpaired) electrons. The van der Waals surface area contributed by atoms with Gasteiger partial charge in [0, 0.05) is 12.8 Å². The van der Waals surface area contributed by atoms with Gasteiger partial charge in [-0.1, -0.05) is 0 Å². The Balaban J connectivity index is 2.56. The lowest BCUT2D eigenvalue weighted by Gasteiger charge is -2.18. The minimum absolute atomic E-state index is 0.112. The molecule has 4 heteroatoms. The zero-order chi connectivity index (χ0) is 8.48. The van der Waals surface area contributed by atoms with Crippen LogP contribution in [0, 0.1) is 12.8 Å². The van der Waals surface area contributed by atoms with Crippen LogP contribution in [0.3, 0.4) is 0 Å². The molecule has 0 aliphatic carbocycles. The maximum atomic E-state index is 10.9. The normalized spacial score (nSPS) is 24.8. The predicted molar refractivity (Wildman–Crippen MR) is 40.7 cm³/mol. The van der Waals surface area contributed by atoms with Crippen molar-refractivity contribution in [2.75, 3.05) is 11.5 Å². The van der Waals surface area contributed by atoms with Crippen LogP contribution >= 0.6 is 0 Å². The standard InChI is InChI=1S/C7H10O3S/c1-6(8)7-2-4-11(9,10)5-3-7/h1,7H,2-5H2. The van der Waals surface area contributed by atoms with Crippen LogP contribution in [0.4, 0.5) is 0 Å². The van der Waals surface area contributed by atoms with E-state index in [1.54, 1.807) is 0 Å². The van der Waals surface area contributed by atoms with Crippen LogP contribution in [-0.4, -0.2) is 25.7 Å². The van der Waals surface area contributed by atoms with Gasteiger partial charge < -0.3 is 0 Å². The quantitative estimate of drug-likeness (QED) is 0.566. The third kappa shape index (κ3) is 2.29. The summed E-state index contributed by atoms with van der Waals surface area (Å²) in [7, 11) is -2.86. The van der Waals surface area contributed by atoms with E-state index in [-0.39, 0.29) is 23.2 Å². The summed E-state index contributed by atoms with van der Waals surface area (Å²) >= 11 is 0. The first-order valence-corrected chi connectivity index (χ1v) is 5.33. The largest absolute Gasteiger partial charge is 0.299 e. The molecular weight excluding hydrogens is 164 g/mol. The van der Waals surface area contributed by atoms with Crippen LogP contribution in [0.15, 0.2) is 0 Å².